The van der Waals surface area contributed by atoms with Crippen LogP contribution in [0.25, 0.3) is 0 Å². The van der Waals surface area contributed by atoms with Crippen molar-refractivity contribution in [2.45, 2.75) is 19.3 Å². The maximum atomic E-state index is 8.86. The van der Waals surface area contributed by atoms with Gasteiger partial charge in [-0.1, -0.05) is 18.0 Å². The van der Waals surface area contributed by atoms with Crippen molar-refractivity contribution in [3.63, 3.8) is 0 Å². The number of fused-ring (bicyclic) bond motifs is 1. The highest BCUT2D eigenvalue weighted by atomic mass is 35.5. The van der Waals surface area contributed by atoms with Crippen LogP contribution in [-0.4, -0.2) is 13.1 Å². The number of halogens is 1. The molecule has 17 heavy (non-hydrogen) atoms. The molecule has 1 saturated carbocycles. The first-order chi connectivity index (χ1) is 8.28. The molecule has 0 amide bonds. The van der Waals surface area contributed by atoms with E-state index in [0.29, 0.717) is 10.6 Å². The highest BCUT2D eigenvalue weighted by molar-refractivity contribution is 6.32. The smallest absolute Gasteiger partial charge is 0.101 e. The summed E-state index contributed by atoms with van der Waals surface area (Å²) in [5.41, 5.74) is 1.73. The second-order valence-corrected chi connectivity index (χ2v) is 5.54. The summed E-state index contributed by atoms with van der Waals surface area (Å²) in [6.07, 6.45) is 4.16. The third-order valence-electron chi connectivity index (χ3n) is 4.16. The summed E-state index contributed by atoms with van der Waals surface area (Å²) in [6.45, 7) is 2.32. The lowest BCUT2D eigenvalue weighted by Gasteiger charge is -2.20. The summed E-state index contributed by atoms with van der Waals surface area (Å²) >= 11 is 6.08. The zero-order chi connectivity index (χ0) is 11.8. The predicted molar refractivity (Wildman–Crippen MR) is 69.2 cm³/mol. The Morgan fingerprint density at radius 2 is 1.94 bits per heavy atom. The molecule has 1 aliphatic heterocycles. The van der Waals surface area contributed by atoms with E-state index in [1.807, 2.05) is 18.2 Å². The molecule has 1 saturated heterocycles. The summed E-state index contributed by atoms with van der Waals surface area (Å²) in [5.74, 6) is 1.76. The molecular weight excluding hydrogens is 232 g/mol. The van der Waals surface area contributed by atoms with E-state index in [0.717, 1.165) is 24.9 Å². The quantitative estimate of drug-likeness (QED) is 0.759. The molecule has 2 atom stereocenters. The Kier molecular flexibility index (Phi) is 2.72. The van der Waals surface area contributed by atoms with Crippen LogP contribution in [-0.2, 0) is 0 Å². The van der Waals surface area contributed by atoms with Crippen LogP contribution < -0.4 is 4.90 Å². The van der Waals surface area contributed by atoms with Gasteiger partial charge in [0.1, 0.15) is 6.07 Å². The second kappa shape index (κ2) is 4.23. The van der Waals surface area contributed by atoms with Crippen molar-refractivity contribution in [3.05, 3.63) is 28.8 Å². The van der Waals surface area contributed by atoms with Gasteiger partial charge in [-0.3, -0.25) is 0 Å². The van der Waals surface area contributed by atoms with E-state index < -0.39 is 0 Å². The number of hydrogen-bond acceptors (Lipinski definition) is 2. The van der Waals surface area contributed by atoms with Crippen LogP contribution >= 0.6 is 11.6 Å². The predicted octanol–water partition coefficient (Wildman–Crippen LogP) is 3.45. The minimum Gasteiger partial charge on any atom is -0.371 e. The molecule has 0 spiro atoms. The van der Waals surface area contributed by atoms with E-state index >= 15 is 0 Å². The van der Waals surface area contributed by atoms with Crippen LogP contribution in [0.4, 0.5) is 5.69 Å². The van der Waals surface area contributed by atoms with Crippen LogP contribution in [0.15, 0.2) is 18.2 Å². The lowest BCUT2D eigenvalue weighted by Crippen LogP contribution is -2.20. The van der Waals surface area contributed by atoms with Gasteiger partial charge < -0.3 is 4.90 Å². The standard InChI is InChI=1S/C14H15ClN2/c15-14-6-13(5-4-10(14)7-16)17-8-11-2-1-3-12(11)9-17/h4-6,11-12H,1-3,8-9H2/t11-,12+. The van der Waals surface area contributed by atoms with Crippen LogP contribution in [0.5, 0.6) is 0 Å². The molecule has 2 aliphatic rings. The molecule has 1 aromatic rings. The van der Waals surface area contributed by atoms with Gasteiger partial charge in [-0.2, -0.15) is 5.26 Å². The fourth-order valence-electron chi connectivity index (χ4n) is 3.24. The Morgan fingerprint density at radius 1 is 1.24 bits per heavy atom. The lowest BCUT2D eigenvalue weighted by atomic mass is 10.0. The topological polar surface area (TPSA) is 27.0 Å². The lowest BCUT2D eigenvalue weighted by molar-refractivity contribution is 0.494. The number of rotatable bonds is 1. The molecule has 3 heteroatoms. The van der Waals surface area contributed by atoms with E-state index in [9.17, 15) is 0 Å². The average molecular weight is 247 g/mol. The Bertz CT molecular complexity index is 466. The molecule has 2 fully saturated rings. The van der Waals surface area contributed by atoms with E-state index in [-0.39, 0.29) is 0 Å². The maximum absolute atomic E-state index is 8.86. The van der Waals surface area contributed by atoms with Crippen LogP contribution in [0, 0.1) is 23.2 Å². The Balaban J connectivity index is 1.82. The monoisotopic (exact) mass is 246 g/mol. The van der Waals surface area contributed by atoms with Crippen LogP contribution in [0.1, 0.15) is 24.8 Å². The fourth-order valence-corrected chi connectivity index (χ4v) is 3.45. The van der Waals surface area contributed by atoms with Gasteiger partial charge >= 0.3 is 0 Å². The fraction of sp³-hybridized carbons (Fsp3) is 0.500. The van der Waals surface area contributed by atoms with Gasteiger partial charge in [0.05, 0.1) is 10.6 Å². The molecule has 0 bridgehead atoms. The van der Waals surface area contributed by atoms with Crippen molar-refractivity contribution in [3.8, 4) is 6.07 Å². The van der Waals surface area contributed by atoms with Crippen molar-refractivity contribution in [2.24, 2.45) is 11.8 Å². The van der Waals surface area contributed by atoms with Crippen molar-refractivity contribution in [1.29, 1.82) is 5.26 Å². The van der Waals surface area contributed by atoms with Crippen molar-refractivity contribution >= 4 is 17.3 Å². The zero-order valence-electron chi connectivity index (χ0n) is 9.69. The molecule has 0 aromatic heterocycles. The number of anilines is 1. The minimum atomic E-state index is 0.565. The van der Waals surface area contributed by atoms with E-state index in [4.69, 9.17) is 16.9 Å². The summed E-state index contributed by atoms with van der Waals surface area (Å²) in [7, 11) is 0. The van der Waals surface area contributed by atoms with Crippen LogP contribution in [0.2, 0.25) is 5.02 Å². The summed E-state index contributed by atoms with van der Waals surface area (Å²) in [4.78, 5) is 2.42. The number of benzene rings is 1. The summed E-state index contributed by atoms with van der Waals surface area (Å²) in [6, 6.07) is 7.88. The van der Waals surface area contributed by atoms with E-state index in [1.165, 1.54) is 24.9 Å². The van der Waals surface area contributed by atoms with E-state index in [1.54, 1.807) is 0 Å². The Hall–Kier alpha value is -1.20. The normalized spacial score (nSPS) is 26.9. The molecular formula is C14H15ClN2. The highest BCUT2D eigenvalue weighted by Crippen LogP contribution is 2.40. The zero-order valence-corrected chi connectivity index (χ0v) is 10.5. The molecule has 3 rings (SSSR count). The van der Waals surface area contributed by atoms with Crippen molar-refractivity contribution in [2.75, 3.05) is 18.0 Å². The van der Waals surface area contributed by atoms with Crippen molar-refractivity contribution < 1.29 is 0 Å². The number of nitrogens with zero attached hydrogens (tertiary/aromatic N) is 2. The third-order valence-corrected chi connectivity index (χ3v) is 4.48. The van der Waals surface area contributed by atoms with Gasteiger partial charge in [-0.05, 0) is 42.9 Å². The Labute approximate surface area is 107 Å². The van der Waals surface area contributed by atoms with Gasteiger partial charge in [0, 0.05) is 18.8 Å². The molecule has 0 radical (unpaired) electrons. The summed E-state index contributed by atoms with van der Waals surface area (Å²) in [5, 5.41) is 9.43. The SMILES string of the molecule is N#Cc1ccc(N2C[C@H]3CCC[C@H]3C2)cc1Cl. The largest absolute Gasteiger partial charge is 0.371 e. The maximum Gasteiger partial charge on any atom is 0.101 e. The number of hydrogen-bond donors (Lipinski definition) is 0. The van der Waals surface area contributed by atoms with Crippen LogP contribution in [0.3, 0.4) is 0 Å². The molecule has 1 aliphatic carbocycles. The van der Waals surface area contributed by atoms with Gasteiger partial charge in [0.2, 0.25) is 0 Å². The summed E-state index contributed by atoms with van der Waals surface area (Å²) < 4.78 is 0. The van der Waals surface area contributed by atoms with Gasteiger partial charge in [-0.25, -0.2) is 0 Å². The minimum absolute atomic E-state index is 0.565. The van der Waals surface area contributed by atoms with Crippen molar-refractivity contribution in [1.82, 2.24) is 0 Å². The van der Waals surface area contributed by atoms with Gasteiger partial charge in [0.15, 0.2) is 0 Å². The highest BCUT2D eigenvalue weighted by Gasteiger charge is 2.36. The van der Waals surface area contributed by atoms with E-state index in [2.05, 4.69) is 11.0 Å². The first kappa shape index (κ1) is 10.9. The molecule has 2 nitrogen and oxygen atoms in total. The molecule has 1 aromatic carbocycles. The Morgan fingerprint density at radius 3 is 2.53 bits per heavy atom. The second-order valence-electron chi connectivity index (χ2n) is 5.13. The third kappa shape index (κ3) is 1.89. The molecule has 0 N–H and O–H groups in total. The molecule has 1 heterocycles. The first-order valence-electron chi connectivity index (χ1n) is 6.22. The van der Waals surface area contributed by atoms with Gasteiger partial charge in [-0.15, -0.1) is 0 Å². The average Bonchev–Trinajstić information content (AvgIpc) is 2.88. The molecule has 0 unspecified atom stereocenters. The first-order valence-corrected chi connectivity index (χ1v) is 6.60. The molecule has 88 valence electrons. The van der Waals surface area contributed by atoms with Gasteiger partial charge in [0.25, 0.3) is 0 Å². The number of nitriles is 1.